The van der Waals surface area contributed by atoms with Gasteiger partial charge in [0.25, 0.3) is 0 Å². The van der Waals surface area contributed by atoms with E-state index in [0.717, 1.165) is 0 Å². The summed E-state index contributed by atoms with van der Waals surface area (Å²) in [6.45, 7) is 13.3. The zero-order valence-electron chi connectivity index (χ0n) is 14.0. The Hall–Kier alpha value is -0.937. The Bertz CT molecular complexity index is 437. The molecule has 0 atom stereocenters. The summed E-state index contributed by atoms with van der Waals surface area (Å²) in [5, 5.41) is 0. The van der Waals surface area contributed by atoms with Crippen LogP contribution < -0.4 is 0 Å². The molecule has 0 N–H and O–H groups in total. The fourth-order valence-electron chi connectivity index (χ4n) is 1.77. The summed E-state index contributed by atoms with van der Waals surface area (Å²) in [5.41, 5.74) is 3.28. The van der Waals surface area contributed by atoms with E-state index in [1.54, 1.807) is 0 Å². The molecule has 1 heteroatoms. The fraction of sp³-hybridized carbons (Fsp3) is 0.400. The Morgan fingerprint density at radius 3 is 0.952 bits per heavy atom. The maximum atomic E-state index is 3.00. The van der Waals surface area contributed by atoms with E-state index in [1.165, 1.54) is 11.1 Å². The third-order valence-corrected chi connectivity index (χ3v) is 3.17. The van der Waals surface area contributed by atoms with Gasteiger partial charge in [-0.1, -0.05) is 41.5 Å². The van der Waals surface area contributed by atoms with E-state index in [0.29, 0.717) is 0 Å². The second kappa shape index (κ2) is 8.49. The van der Waals surface area contributed by atoms with E-state index in [2.05, 4.69) is 77.9 Å². The van der Waals surface area contributed by atoms with Crippen LogP contribution in [0, 0.1) is 12.1 Å². The van der Waals surface area contributed by atoms with Crippen molar-refractivity contribution in [2.75, 3.05) is 0 Å². The minimum absolute atomic E-state index is 0. The molecule has 0 aliphatic heterocycles. The topological polar surface area (TPSA) is 0 Å². The third-order valence-electron chi connectivity index (χ3n) is 3.17. The summed E-state index contributed by atoms with van der Waals surface area (Å²) in [4.78, 5) is 0. The Kier molecular flexibility index (Phi) is 8.11. The molecular formula is C20H27Ru. The van der Waals surface area contributed by atoms with Gasteiger partial charge >= 0.3 is 19.5 Å². The van der Waals surface area contributed by atoms with Crippen LogP contribution in [0.5, 0.6) is 0 Å². The first kappa shape index (κ1) is 20.1. The number of benzene rings is 2. The van der Waals surface area contributed by atoms with Gasteiger partial charge < -0.3 is 0 Å². The molecule has 0 saturated carbocycles. The van der Waals surface area contributed by atoms with Gasteiger partial charge in [-0.3, -0.25) is 0 Å². The van der Waals surface area contributed by atoms with Gasteiger partial charge in [0, 0.05) is 0 Å². The van der Waals surface area contributed by atoms with E-state index in [-0.39, 0.29) is 30.3 Å². The molecular weight excluding hydrogens is 341 g/mol. The van der Waals surface area contributed by atoms with E-state index in [9.17, 15) is 0 Å². The molecule has 0 radical (unpaired) electrons. The quantitative estimate of drug-likeness (QED) is 0.437. The first-order valence-electron chi connectivity index (χ1n) is 7.14. The van der Waals surface area contributed by atoms with E-state index in [4.69, 9.17) is 0 Å². The summed E-state index contributed by atoms with van der Waals surface area (Å²) in [6, 6.07) is 22.3. The Balaban J connectivity index is 0.000000364. The van der Waals surface area contributed by atoms with Gasteiger partial charge in [0.15, 0.2) is 0 Å². The second-order valence-electron chi connectivity index (χ2n) is 7.08. The van der Waals surface area contributed by atoms with Crippen LogP contribution in [0.15, 0.2) is 48.5 Å². The van der Waals surface area contributed by atoms with Crippen LogP contribution in [0.3, 0.4) is 0 Å². The van der Waals surface area contributed by atoms with Crippen molar-refractivity contribution in [3.8, 4) is 0 Å². The molecule has 21 heavy (non-hydrogen) atoms. The zero-order valence-corrected chi connectivity index (χ0v) is 15.9. The SMILES string of the molecule is CC(C)(C)c1cc[c-]cc1.CC(C)(C)c1cc[c-]cc1.[RuH+2]. The van der Waals surface area contributed by atoms with Crippen LogP contribution in [-0.2, 0) is 30.3 Å². The molecule has 2 aromatic carbocycles. The minimum atomic E-state index is 0. The van der Waals surface area contributed by atoms with Crippen LogP contribution in [0.1, 0.15) is 52.7 Å². The molecule has 0 fully saturated rings. The van der Waals surface area contributed by atoms with Crippen molar-refractivity contribution in [3.63, 3.8) is 0 Å². The second-order valence-corrected chi connectivity index (χ2v) is 7.08. The van der Waals surface area contributed by atoms with E-state index >= 15 is 0 Å². The molecule has 0 saturated heterocycles. The van der Waals surface area contributed by atoms with Crippen molar-refractivity contribution in [1.82, 2.24) is 0 Å². The zero-order chi connectivity index (χ0) is 15.2. The molecule has 0 bridgehead atoms. The summed E-state index contributed by atoms with van der Waals surface area (Å²) in [6.07, 6.45) is 0. The van der Waals surface area contributed by atoms with Crippen LogP contribution in [-0.4, -0.2) is 0 Å². The van der Waals surface area contributed by atoms with Crippen LogP contribution in [0.4, 0.5) is 0 Å². The average molecular weight is 369 g/mol. The van der Waals surface area contributed by atoms with Gasteiger partial charge in [-0.05, 0) is 10.8 Å². The van der Waals surface area contributed by atoms with Crippen LogP contribution in [0.25, 0.3) is 0 Å². The Labute approximate surface area is 143 Å². The summed E-state index contributed by atoms with van der Waals surface area (Å²) in [5.74, 6) is 0. The van der Waals surface area contributed by atoms with Crippen LogP contribution in [0.2, 0.25) is 0 Å². The summed E-state index contributed by atoms with van der Waals surface area (Å²) < 4.78 is 0. The van der Waals surface area contributed by atoms with Crippen molar-refractivity contribution in [3.05, 3.63) is 71.8 Å². The molecule has 0 amide bonds. The monoisotopic (exact) mass is 369 g/mol. The van der Waals surface area contributed by atoms with Crippen molar-refractivity contribution in [2.45, 2.75) is 52.4 Å². The summed E-state index contributed by atoms with van der Waals surface area (Å²) >= 11 is 0. The molecule has 2 rings (SSSR count). The number of hydrogen-bond donors (Lipinski definition) is 0. The first-order chi connectivity index (χ1) is 9.21. The standard InChI is InChI=1S/2C10H13.Ru.H/c2*1-10(2,3)9-7-5-4-6-8-9;;/h2*5-8H,1-3H3;;/q2*-1;+2;. The summed E-state index contributed by atoms with van der Waals surface area (Å²) in [7, 11) is 0. The Morgan fingerprint density at radius 2 is 0.810 bits per heavy atom. The predicted molar refractivity (Wildman–Crippen MR) is 89.4 cm³/mol. The van der Waals surface area contributed by atoms with E-state index in [1.807, 2.05) is 24.3 Å². The van der Waals surface area contributed by atoms with Crippen molar-refractivity contribution >= 4 is 0 Å². The van der Waals surface area contributed by atoms with E-state index < -0.39 is 0 Å². The van der Waals surface area contributed by atoms with Gasteiger partial charge in [-0.25, -0.2) is 0 Å². The van der Waals surface area contributed by atoms with Gasteiger partial charge in [0.2, 0.25) is 0 Å². The van der Waals surface area contributed by atoms with Crippen molar-refractivity contribution < 1.29 is 19.5 Å². The molecule has 0 nitrogen and oxygen atoms in total. The normalized spacial score (nSPS) is 11.0. The first-order valence-corrected chi connectivity index (χ1v) is 7.14. The molecule has 0 aromatic heterocycles. The molecule has 115 valence electrons. The molecule has 0 aliphatic carbocycles. The Morgan fingerprint density at radius 1 is 0.571 bits per heavy atom. The van der Waals surface area contributed by atoms with Crippen molar-refractivity contribution in [1.29, 1.82) is 0 Å². The predicted octanol–water partition coefficient (Wildman–Crippen LogP) is 5.30. The van der Waals surface area contributed by atoms with Gasteiger partial charge in [0.1, 0.15) is 0 Å². The van der Waals surface area contributed by atoms with Gasteiger partial charge in [-0.15, -0.1) is 0 Å². The van der Waals surface area contributed by atoms with Crippen LogP contribution >= 0.6 is 0 Å². The molecule has 2 aromatic rings. The average Bonchev–Trinajstić information content (AvgIpc) is 2.40. The molecule has 0 spiro atoms. The number of rotatable bonds is 0. The molecule has 0 aliphatic rings. The molecule has 0 heterocycles. The van der Waals surface area contributed by atoms with Crippen molar-refractivity contribution in [2.24, 2.45) is 0 Å². The third kappa shape index (κ3) is 7.58. The number of hydrogen-bond acceptors (Lipinski definition) is 0. The van der Waals surface area contributed by atoms with Gasteiger partial charge in [-0.2, -0.15) is 71.8 Å². The molecule has 0 unspecified atom stereocenters. The maximum absolute atomic E-state index is 3.00. The fourth-order valence-corrected chi connectivity index (χ4v) is 1.77. The van der Waals surface area contributed by atoms with Gasteiger partial charge in [0.05, 0.1) is 0 Å².